The maximum atomic E-state index is 12.9. The standard InChI is InChI=1S/C23H27N5O2/c1-2-18-4-3-5-21-20(14-25-28(18)21)23(29)26-17-12-16-6-7-19(13-22(16)30-15-17)27-10-8-24-9-11-27/h3-7,13-14,17,24H,2,8-12,15H2,1H3,(H,26,29)/t17-/m1/s1. The van der Waals surface area contributed by atoms with Crippen molar-refractivity contribution in [2.45, 2.75) is 25.8 Å². The van der Waals surface area contributed by atoms with Crippen LogP contribution in [0.25, 0.3) is 5.52 Å². The number of carbonyl (C=O) groups is 1. The number of piperazine rings is 1. The second-order valence-electron chi connectivity index (χ2n) is 7.94. The number of rotatable bonds is 4. The Hall–Kier alpha value is -3.06. The van der Waals surface area contributed by atoms with Gasteiger partial charge in [-0.3, -0.25) is 4.79 Å². The van der Waals surface area contributed by atoms with Crippen LogP contribution in [-0.2, 0) is 12.8 Å². The number of hydrogen-bond donors (Lipinski definition) is 2. The molecule has 5 rings (SSSR count). The first-order valence-corrected chi connectivity index (χ1v) is 10.7. The summed E-state index contributed by atoms with van der Waals surface area (Å²) in [6.07, 6.45) is 3.28. The Balaban J connectivity index is 1.29. The zero-order valence-corrected chi connectivity index (χ0v) is 17.2. The molecule has 1 amide bonds. The molecule has 7 nitrogen and oxygen atoms in total. The fourth-order valence-electron chi connectivity index (χ4n) is 4.35. The molecule has 1 saturated heterocycles. The van der Waals surface area contributed by atoms with Crippen molar-refractivity contribution >= 4 is 17.1 Å². The molecule has 0 aliphatic carbocycles. The van der Waals surface area contributed by atoms with Crippen molar-refractivity contribution in [3.8, 4) is 5.75 Å². The van der Waals surface area contributed by atoms with Crippen LogP contribution >= 0.6 is 0 Å². The van der Waals surface area contributed by atoms with Crippen LogP contribution in [0.3, 0.4) is 0 Å². The van der Waals surface area contributed by atoms with E-state index in [0.717, 1.165) is 61.5 Å². The molecule has 0 radical (unpaired) electrons. The van der Waals surface area contributed by atoms with Crippen molar-refractivity contribution in [3.05, 3.63) is 59.4 Å². The monoisotopic (exact) mass is 405 g/mol. The Morgan fingerprint density at radius 1 is 1.27 bits per heavy atom. The number of amides is 1. The first-order chi connectivity index (χ1) is 14.7. The Kier molecular flexibility index (Phi) is 5.04. The minimum atomic E-state index is -0.104. The number of pyridine rings is 1. The first-order valence-electron chi connectivity index (χ1n) is 10.7. The summed E-state index contributed by atoms with van der Waals surface area (Å²) in [6, 6.07) is 12.3. The molecule has 0 saturated carbocycles. The van der Waals surface area contributed by atoms with Crippen molar-refractivity contribution in [2.75, 3.05) is 37.7 Å². The lowest BCUT2D eigenvalue weighted by atomic mass is 10.0. The highest BCUT2D eigenvalue weighted by Gasteiger charge is 2.24. The highest BCUT2D eigenvalue weighted by molar-refractivity contribution is 6.00. The molecule has 1 fully saturated rings. The van der Waals surface area contributed by atoms with E-state index in [2.05, 4.69) is 45.8 Å². The van der Waals surface area contributed by atoms with Crippen molar-refractivity contribution in [1.82, 2.24) is 20.2 Å². The maximum absolute atomic E-state index is 12.9. The summed E-state index contributed by atoms with van der Waals surface area (Å²) in [5, 5.41) is 10.9. The van der Waals surface area contributed by atoms with E-state index in [1.54, 1.807) is 6.20 Å². The molecule has 0 spiro atoms. The molecule has 2 N–H and O–H groups in total. The molecule has 4 heterocycles. The van der Waals surface area contributed by atoms with Gasteiger partial charge in [-0.1, -0.05) is 19.1 Å². The zero-order chi connectivity index (χ0) is 20.5. The van der Waals surface area contributed by atoms with Gasteiger partial charge in [0.15, 0.2) is 0 Å². The molecule has 2 aliphatic rings. The number of fused-ring (bicyclic) bond motifs is 2. The lowest BCUT2D eigenvalue weighted by Crippen LogP contribution is -2.44. The van der Waals surface area contributed by atoms with Crippen LogP contribution in [0.2, 0.25) is 0 Å². The van der Waals surface area contributed by atoms with Crippen LogP contribution in [0.4, 0.5) is 5.69 Å². The molecule has 1 aromatic carbocycles. The van der Waals surface area contributed by atoms with Crippen LogP contribution in [0, 0.1) is 0 Å². The van der Waals surface area contributed by atoms with Gasteiger partial charge in [0.1, 0.15) is 12.4 Å². The molecule has 156 valence electrons. The molecule has 0 unspecified atom stereocenters. The van der Waals surface area contributed by atoms with E-state index in [4.69, 9.17) is 4.74 Å². The van der Waals surface area contributed by atoms with Gasteiger partial charge in [0.2, 0.25) is 0 Å². The molecule has 1 atom stereocenters. The summed E-state index contributed by atoms with van der Waals surface area (Å²) in [6.45, 7) is 6.60. The van der Waals surface area contributed by atoms with Gasteiger partial charge in [-0.05, 0) is 36.6 Å². The van der Waals surface area contributed by atoms with E-state index in [9.17, 15) is 4.79 Å². The second kappa shape index (κ2) is 7.99. The average Bonchev–Trinajstić information content (AvgIpc) is 3.24. The van der Waals surface area contributed by atoms with Crippen LogP contribution in [0.5, 0.6) is 5.75 Å². The van der Waals surface area contributed by atoms with E-state index >= 15 is 0 Å². The molecular formula is C23H27N5O2. The second-order valence-corrected chi connectivity index (χ2v) is 7.94. The largest absolute Gasteiger partial charge is 0.491 e. The van der Waals surface area contributed by atoms with E-state index < -0.39 is 0 Å². The number of aryl methyl sites for hydroxylation is 1. The molecule has 2 aliphatic heterocycles. The average molecular weight is 406 g/mol. The highest BCUT2D eigenvalue weighted by Crippen LogP contribution is 2.30. The van der Waals surface area contributed by atoms with E-state index in [1.165, 1.54) is 5.69 Å². The third-order valence-corrected chi connectivity index (χ3v) is 6.00. The summed E-state index contributed by atoms with van der Waals surface area (Å²) < 4.78 is 7.88. The molecular weight excluding hydrogens is 378 g/mol. The minimum absolute atomic E-state index is 0.0562. The van der Waals surface area contributed by atoms with Gasteiger partial charge in [-0.25, -0.2) is 4.52 Å². The molecule has 2 aromatic heterocycles. The van der Waals surface area contributed by atoms with Crippen molar-refractivity contribution < 1.29 is 9.53 Å². The highest BCUT2D eigenvalue weighted by atomic mass is 16.5. The van der Waals surface area contributed by atoms with Crippen molar-refractivity contribution in [2.24, 2.45) is 0 Å². The van der Waals surface area contributed by atoms with Gasteiger partial charge in [0.25, 0.3) is 5.91 Å². The van der Waals surface area contributed by atoms with Gasteiger partial charge in [0, 0.05) is 43.6 Å². The van der Waals surface area contributed by atoms with Gasteiger partial charge < -0.3 is 20.3 Å². The number of nitrogens with zero attached hydrogens (tertiary/aromatic N) is 3. The number of nitrogens with one attached hydrogen (secondary N) is 2. The van der Waals surface area contributed by atoms with Gasteiger partial charge >= 0.3 is 0 Å². The zero-order valence-electron chi connectivity index (χ0n) is 17.2. The van der Waals surface area contributed by atoms with Crippen LogP contribution in [-0.4, -0.2) is 54.3 Å². The van der Waals surface area contributed by atoms with Crippen molar-refractivity contribution in [1.29, 1.82) is 0 Å². The minimum Gasteiger partial charge on any atom is -0.491 e. The number of hydrogen-bond acceptors (Lipinski definition) is 5. The quantitative estimate of drug-likeness (QED) is 0.695. The Bertz CT molecular complexity index is 1070. The predicted molar refractivity (Wildman–Crippen MR) is 117 cm³/mol. The third-order valence-electron chi connectivity index (χ3n) is 6.00. The Labute approximate surface area is 176 Å². The van der Waals surface area contributed by atoms with Crippen LogP contribution < -0.4 is 20.3 Å². The summed E-state index contributed by atoms with van der Waals surface area (Å²) in [7, 11) is 0. The SMILES string of the molecule is CCc1cccc2c(C(=O)N[C@H]3COc4cc(N5CCNCC5)ccc4C3)cnn12. The number of ether oxygens (including phenoxy) is 1. The van der Waals surface area contributed by atoms with Crippen LogP contribution in [0.1, 0.15) is 28.5 Å². The fraction of sp³-hybridized carbons (Fsp3) is 0.391. The van der Waals surface area contributed by atoms with E-state index in [0.29, 0.717) is 12.2 Å². The van der Waals surface area contributed by atoms with Gasteiger partial charge in [-0.15, -0.1) is 0 Å². The predicted octanol–water partition coefficient (Wildman–Crippen LogP) is 2.04. The number of anilines is 1. The Morgan fingerprint density at radius 3 is 2.97 bits per heavy atom. The lowest BCUT2D eigenvalue weighted by Gasteiger charge is -2.31. The third kappa shape index (κ3) is 3.50. The number of aromatic nitrogens is 2. The normalized spacial score (nSPS) is 18.7. The van der Waals surface area contributed by atoms with E-state index in [-0.39, 0.29) is 11.9 Å². The Morgan fingerprint density at radius 2 is 2.13 bits per heavy atom. The van der Waals surface area contributed by atoms with Crippen molar-refractivity contribution in [3.63, 3.8) is 0 Å². The first kappa shape index (κ1) is 18.9. The molecule has 30 heavy (non-hydrogen) atoms. The topological polar surface area (TPSA) is 70.9 Å². The smallest absolute Gasteiger partial charge is 0.255 e. The fourth-order valence-corrected chi connectivity index (χ4v) is 4.35. The maximum Gasteiger partial charge on any atom is 0.255 e. The lowest BCUT2D eigenvalue weighted by molar-refractivity contribution is 0.0917. The number of carbonyl (C=O) groups excluding carboxylic acids is 1. The summed E-state index contributed by atoms with van der Waals surface area (Å²) in [5.41, 5.74) is 4.87. The summed E-state index contributed by atoms with van der Waals surface area (Å²) in [4.78, 5) is 15.3. The summed E-state index contributed by atoms with van der Waals surface area (Å²) >= 11 is 0. The molecule has 7 heteroatoms. The molecule has 3 aromatic rings. The van der Waals surface area contributed by atoms with Gasteiger partial charge in [-0.2, -0.15) is 5.10 Å². The van der Waals surface area contributed by atoms with Crippen LogP contribution in [0.15, 0.2) is 42.6 Å². The van der Waals surface area contributed by atoms with Gasteiger partial charge in [0.05, 0.1) is 23.3 Å². The molecule has 0 bridgehead atoms. The van der Waals surface area contributed by atoms with E-state index in [1.807, 2.05) is 22.7 Å². The number of benzene rings is 1. The summed E-state index contributed by atoms with van der Waals surface area (Å²) in [5.74, 6) is 0.827.